The van der Waals surface area contributed by atoms with Gasteiger partial charge in [0, 0.05) is 57.7 Å². The van der Waals surface area contributed by atoms with E-state index in [1.165, 1.54) is 26.2 Å². The number of hydrogen-bond donors (Lipinski definition) is 0. The second kappa shape index (κ2) is 5.11. The highest BCUT2D eigenvalue weighted by Gasteiger charge is 2.34. The predicted octanol–water partition coefficient (Wildman–Crippen LogP) is 0.675. The van der Waals surface area contributed by atoms with Crippen LogP contribution in [0.1, 0.15) is 0 Å². The molecule has 0 N–H and O–H groups in total. The molecule has 0 bridgehead atoms. The predicted molar refractivity (Wildman–Crippen MR) is 74.8 cm³/mol. The summed E-state index contributed by atoms with van der Waals surface area (Å²) in [4.78, 5) is 15.9. The van der Waals surface area contributed by atoms with E-state index in [-0.39, 0.29) is 0 Å². The highest BCUT2D eigenvalue weighted by Crippen LogP contribution is 2.21. The van der Waals surface area contributed by atoms with Crippen molar-refractivity contribution in [3.63, 3.8) is 0 Å². The van der Waals surface area contributed by atoms with Crippen LogP contribution in [0.3, 0.4) is 0 Å². The van der Waals surface area contributed by atoms with Gasteiger partial charge in [-0.25, -0.2) is 9.97 Å². The van der Waals surface area contributed by atoms with Gasteiger partial charge < -0.3 is 9.80 Å². The second-order valence-corrected chi connectivity index (χ2v) is 6.02. The lowest BCUT2D eigenvalue weighted by Crippen LogP contribution is -2.63. The van der Waals surface area contributed by atoms with Gasteiger partial charge in [0.1, 0.15) is 0 Å². The standard InChI is InChI=1S/C12H18BrN5/c1-16-2-4-17(5-3-16)11-8-18(9-11)12-14-6-10(13)7-15-12/h6-7,11H,2-5,8-9H2,1H3. The summed E-state index contributed by atoms with van der Waals surface area (Å²) in [6.45, 7) is 6.87. The summed E-state index contributed by atoms with van der Waals surface area (Å²) >= 11 is 3.36. The summed E-state index contributed by atoms with van der Waals surface area (Å²) in [5.74, 6) is 0.851. The number of nitrogens with zero attached hydrogens (tertiary/aromatic N) is 5. The van der Waals surface area contributed by atoms with Gasteiger partial charge in [0.05, 0.1) is 4.47 Å². The third-order valence-corrected chi connectivity index (χ3v) is 4.22. The van der Waals surface area contributed by atoms with Crippen molar-refractivity contribution in [1.82, 2.24) is 19.8 Å². The van der Waals surface area contributed by atoms with E-state index < -0.39 is 0 Å². The maximum atomic E-state index is 4.33. The fourth-order valence-corrected chi connectivity index (χ4v) is 2.71. The largest absolute Gasteiger partial charge is 0.338 e. The smallest absolute Gasteiger partial charge is 0.225 e. The van der Waals surface area contributed by atoms with E-state index in [9.17, 15) is 0 Å². The van der Waals surface area contributed by atoms with Crippen LogP contribution in [0.25, 0.3) is 0 Å². The minimum absolute atomic E-state index is 0.686. The van der Waals surface area contributed by atoms with E-state index in [1.54, 1.807) is 0 Å². The van der Waals surface area contributed by atoms with Crippen LogP contribution in [0, 0.1) is 0 Å². The van der Waals surface area contributed by atoms with Crippen LogP contribution >= 0.6 is 15.9 Å². The number of hydrogen-bond acceptors (Lipinski definition) is 5. The Kier molecular flexibility index (Phi) is 3.50. The topological polar surface area (TPSA) is 35.5 Å². The lowest BCUT2D eigenvalue weighted by molar-refractivity contribution is 0.0957. The van der Waals surface area contributed by atoms with E-state index >= 15 is 0 Å². The molecule has 3 rings (SSSR count). The molecule has 0 atom stereocenters. The number of anilines is 1. The van der Waals surface area contributed by atoms with Gasteiger partial charge in [0.2, 0.25) is 5.95 Å². The van der Waals surface area contributed by atoms with E-state index in [0.717, 1.165) is 23.5 Å². The van der Waals surface area contributed by atoms with Gasteiger partial charge in [-0.05, 0) is 23.0 Å². The Morgan fingerprint density at radius 1 is 1.11 bits per heavy atom. The van der Waals surface area contributed by atoms with E-state index in [2.05, 4.69) is 47.6 Å². The van der Waals surface area contributed by atoms with Crippen molar-refractivity contribution in [3.05, 3.63) is 16.9 Å². The first-order chi connectivity index (χ1) is 8.72. The van der Waals surface area contributed by atoms with Gasteiger partial charge in [-0.15, -0.1) is 0 Å². The zero-order chi connectivity index (χ0) is 12.5. The van der Waals surface area contributed by atoms with E-state index in [0.29, 0.717) is 6.04 Å². The van der Waals surface area contributed by atoms with Gasteiger partial charge >= 0.3 is 0 Å². The molecule has 3 heterocycles. The number of piperazine rings is 1. The maximum absolute atomic E-state index is 4.33. The van der Waals surface area contributed by atoms with Crippen molar-refractivity contribution in [2.45, 2.75) is 6.04 Å². The van der Waals surface area contributed by atoms with Crippen molar-refractivity contribution < 1.29 is 0 Å². The monoisotopic (exact) mass is 311 g/mol. The molecular formula is C12H18BrN5. The zero-order valence-electron chi connectivity index (χ0n) is 10.6. The lowest BCUT2D eigenvalue weighted by atomic mass is 10.1. The van der Waals surface area contributed by atoms with Crippen molar-refractivity contribution in [2.75, 3.05) is 51.2 Å². The summed E-state index contributed by atoms with van der Waals surface area (Å²) < 4.78 is 0.933. The average Bonchev–Trinajstić information content (AvgIpc) is 2.32. The molecule has 1 aromatic rings. The minimum Gasteiger partial charge on any atom is -0.338 e. The SMILES string of the molecule is CN1CCN(C2CN(c3ncc(Br)cn3)C2)CC1. The van der Waals surface area contributed by atoms with Crippen LogP contribution in [0.2, 0.25) is 0 Å². The molecule has 98 valence electrons. The first-order valence-corrected chi connectivity index (χ1v) is 7.17. The summed E-state index contributed by atoms with van der Waals surface area (Å²) in [5.41, 5.74) is 0. The molecule has 0 amide bonds. The molecule has 18 heavy (non-hydrogen) atoms. The molecule has 0 spiro atoms. The lowest BCUT2D eigenvalue weighted by Gasteiger charge is -2.47. The third-order valence-electron chi connectivity index (χ3n) is 3.81. The van der Waals surface area contributed by atoms with Gasteiger partial charge in [-0.2, -0.15) is 0 Å². The van der Waals surface area contributed by atoms with E-state index in [4.69, 9.17) is 0 Å². The molecule has 1 aromatic heterocycles. The number of likely N-dealkylation sites (N-methyl/N-ethyl adjacent to an activating group) is 1. The molecule has 6 heteroatoms. The van der Waals surface area contributed by atoms with Crippen LogP contribution in [-0.4, -0.2) is 72.1 Å². The van der Waals surface area contributed by atoms with Crippen LogP contribution in [0.15, 0.2) is 16.9 Å². The van der Waals surface area contributed by atoms with E-state index in [1.807, 2.05) is 12.4 Å². The number of halogens is 1. The zero-order valence-corrected chi connectivity index (χ0v) is 12.2. The Hall–Kier alpha value is -0.720. The first kappa shape index (κ1) is 12.3. The molecule has 0 unspecified atom stereocenters. The maximum Gasteiger partial charge on any atom is 0.225 e. The Bertz CT molecular complexity index is 395. The molecule has 2 saturated heterocycles. The molecule has 0 saturated carbocycles. The molecule has 0 radical (unpaired) electrons. The fraction of sp³-hybridized carbons (Fsp3) is 0.667. The van der Waals surface area contributed by atoms with Gasteiger partial charge in [0.15, 0.2) is 0 Å². The Morgan fingerprint density at radius 2 is 1.72 bits per heavy atom. The summed E-state index contributed by atoms with van der Waals surface area (Å²) in [6.07, 6.45) is 3.62. The average molecular weight is 312 g/mol. The van der Waals surface area contributed by atoms with Crippen LogP contribution in [0.5, 0.6) is 0 Å². The van der Waals surface area contributed by atoms with Crippen LogP contribution in [0.4, 0.5) is 5.95 Å². The van der Waals surface area contributed by atoms with Crippen molar-refractivity contribution >= 4 is 21.9 Å². The highest BCUT2D eigenvalue weighted by molar-refractivity contribution is 9.10. The van der Waals surface area contributed by atoms with Crippen molar-refractivity contribution in [3.8, 4) is 0 Å². The van der Waals surface area contributed by atoms with Crippen molar-refractivity contribution in [1.29, 1.82) is 0 Å². The normalized spacial score (nSPS) is 23.1. The molecule has 2 aliphatic rings. The molecular weight excluding hydrogens is 294 g/mol. The quantitative estimate of drug-likeness (QED) is 0.802. The molecule has 0 aliphatic carbocycles. The Morgan fingerprint density at radius 3 is 2.33 bits per heavy atom. The Labute approximate surface area is 116 Å². The number of rotatable bonds is 2. The van der Waals surface area contributed by atoms with Gasteiger partial charge in [-0.1, -0.05) is 0 Å². The van der Waals surface area contributed by atoms with Gasteiger partial charge in [-0.3, -0.25) is 4.90 Å². The van der Waals surface area contributed by atoms with Gasteiger partial charge in [0.25, 0.3) is 0 Å². The fourth-order valence-electron chi connectivity index (χ4n) is 2.51. The summed E-state index contributed by atoms with van der Waals surface area (Å²) in [6, 6.07) is 0.686. The summed E-state index contributed by atoms with van der Waals surface area (Å²) in [5, 5.41) is 0. The van der Waals surface area contributed by atoms with Crippen molar-refractivity contribution in [2.24, 2.45) is 0 Å². The highest BCUT2D eigenvalue weighted by atomic mass is 79.9. The molecule has 2 fully saturated rings. The molecule has 2 aliphatic heterocycles. The minimum atomic E-state index is 0.686. The third kappa shape index (κ3) is 2.50. The van der Waals surface area contributed by atoms with Crippen LogP contribution in [-0.2, 0) is 0 Å². The molecule has 5 nitrogen and oxygen atoms in total. The Balaban J connectivity index is 1.52. The first-order valence-electron chi connectivity index (χ1n) is 6.37. The second-order valence-electron chi connectivity index (χ2n) is 5.10. The molecule has 0 aromatic carbocycles. The van der Waals surface area contributed by atoms with Crippen LogP contribution < -0.4 is 4.90 Å². The number of aromatic nitrogens is 2. The summed E-state index contributed by atoms with van der Waals surface area (Å²) in [7, 11) is 2.19.